The maximum Gasteiger partial charge on any atom is 0.223 e. The predicted octanol–water partition coefficient (Wildman–Crippen LogP) is 3.03. The molecule has 1 aliphatic rings. The smallest absolute Gasteiger partial charge is 0.223 e. The normalized spacial score (nSPS) is 16.5. The van der Waals surface area contributed by atoms with Crippen LogP contribution in [0, 0.1) is 11.6 Å². The Morgan fingerprint density at radius 3 is 2.45 bits per heavy atom. The van der Waals surface area contributed by atoms with Crippen molar-refractivity contribution < 1.29 is 36.3 Å². The van der Waals surface area contributed by atoms with Gasteiger partial charge in [0.2, 0.25) is 5.91 Å². The van der Waals surface area contributed by atoms with E-state index in [0.29, 0.717) is 0 Å². The molecular weight excluding hydrogens is 456 g/mol. The van der Waals surface area contributed by atoms with Crippen LogP contribution in [-0.2, 0) is 19.4 Å². The number of morpholine rings is 1. The Hall–Kier alpha value is -2.85. The summed E-state index contributed by atoms with van der Waals surface area (Å²) in [4.78, 5) is 25.8. The number of carbonyl (C=O) groups is 2. The first kappa shape index (κ1) is 24.8. The number of hydrogen-bond acceptors (Lipinski definition) is 6. The van der Waals surface area contributed by atoms with Gasteiger partial charge in [-0.1, -0.05) is 25.1 Å². The highest BCUT2D eigenvalue weighted by Crippen LogP contribution is 2.25. The minimum Gasteiger partial charge on any atom is -0.485 e. The summed E-state index contributed by atoms with van der Waals surface area (Å²) in [7, 11) is -3.59. The molecule has 0 aliphatic carbocycles. The highest BCUT2D eigenvalue weighted by atomic mass is 32.2. The number of Topliss-reactive ketones (excluding diaryl/α,β-unsaturated/α-hetero) is 1. The summed E-state index contributed by atoms with van der Waals surface area (Å²) in [5, 5.41) is 0. The van der Waals surface area contributed by atoms with Gasteiger partial charge in [0.15, 0.2) is 33.0 Å². The third kappa shape index (κ3) is 6.35. The molecular formula is C23H25F2NO6S. The monoisotopic (exact) mass is 481 g/mol. The van der Waals surface area contributed by atoms with E-state index in [9.17, 15) is 26.8 Å². The van der Waals surface area contributed by atoms with Crippen molar-refractivity contribution in [2.45, 2.75) is 30.8 Å². The molecule has 1 heterocycles. The molecule has 0 spiro atoms. The average Bonchev–Trinajstić information content (AvgIpc) is 2.82. The molecule has 0 saturated carbocycles. The van der Waals surface area contributed by atoms with Crippen LogP contribution in [0.1, 0.15) is 30.1 Å². The summed E-state index contributed by atoms with van der Waals surface area (Å²) in [6.45, 7) is 1.92. The SMILES string of the molecule is CCC(=O)c1cc(F)c(OCC2CN(C(=O)CCS(=O)(=O)c3ccccc3)CCO2)c(F)c1. The van der Waals surface area contributed by atoms with Crippen LogP contribution >= 0.6 is 0 Å². The zero-order valence-electron chi connectivity index (χ0n) is 18.1. The second kappa shape index (κ2) is 10.8. The average molecular weight is 482 g/mol. The van der Waals surface area contributed by atoms with E-state index in [1.807, 2.05) is 0 Å². The maximum absolute atomic E-state index is 14.2. The van der Waals surface area contributed by atoms with E-state index in [2.05, 4.69) is 0 Å². The number of nitrogens with zero attached hydrogens (tertiary/aromatic N) is 1. The molecule has 2 aromatic rings. The summed E-state index contributed by atoms with van der Waals surface area (Å²) in [5.41, 5.74) is -0.0732. The van der Waals surface area contributed by atoms with Crippen molar-refractivity contribution >= 4 is 21.5 Å². The molecule has 0 N–H and O–H groups in total. The van der Waals surface area contributed by atoms with Crippen LogP contribution in [0.15, 0.2) is 47.4 Å². The van der Waals surface area contributed by atoms with Crippen molar-refractivity contribution in [3.8, 4) is 5.75 Å². The van der Waals surface area contributed by atoms with Gasteiger partial charge in [0.25, 0.3) is 0 Å². The highest BCUT2D eigenvalue weighted by Gasteiger charge is 2.27. The molecule has 0 radical (unpaired) electrons. The van der Waals surface area contributed by atoms with E-state index < -0.39 is 39.1 Å². The van der Waals surface area contributed by atoms with Crippen molar-refractivity contribution in [1.29, 1.82) is 0 Å². The number of benzene rings is 2. The molecule has 7 nitrogen and oxygen atoms in total. The Balaban J connectivity index is 1.55. The first-order chi connectivity index (χ1) is 15.7. The second-order valence-electron chi connectivity index (χ2n) is 7.57. The third-order valence-corrected chi connectivity index (χ3v) is 6.97. The second-order valence-corrected chi connectivity index (χ2v) is 9.68. The fraction of sp³-hybridized carbons (Fsp3) is 0.391. The number of ketones is 1. The van der Waals surface area contributed by atoms with E-state index in [-0.39, 0.29) is 61.3 Å². The van der Waals surface area contributed by atoms with E-state index >= 15 is 0 Å². The van der Waals surface area contributed by atoms with Crippen molar-refractivity contribution in [1.82, 2.24) is 4.90 Å². The van der Waals surface area contributed by atoms with Gasteiger partial charge in [-0.25, -0.2) is 17.2 Å². The lowest BCUT2D eigenvalue weighted by atomic mass is 10.1. The Morgan fingerprint density at radius 2 is 1.82 bits per heavy atom. The molecule has 1 atom stereocenters. The lowest BCUT2D eigenvalue weighted by Crippen LogP contribution is -2.48. The van der Waals surface area contributed by atoms with Crippen LogP contribution in [-0.4, -0.2) is 63.2 Å². The molecule has 1 saturated heterocycles. The van der Waals surface area contributed by atoms with Crippen molar-refractivity contribution in [2.24, 2.45) is 0 Å². The number of sulfone groups is 1. The lowest BCUT2D eigenvalue weighted by molar-refractivity contribution is -0.139. The minimum absolute atomic E-state index is 0.0732. The number of amides is 1. The summed E-state index contributed by atoms with van der Waals surface area (Å²) < 4.78 is 64.0. The highest BCUT2D eigenvalue weighted by molar-refractivity contribution is 7.91. The van der Waals surface area contributed by atoms with Crippen LogP contribution in [0.2, 0.25) is 0 Å². The molecule has 33 heavy (non-hydrogen) atoms. The zero-order chi connectivity index (χ0) is 24.0. The van der Waals surface area contributed by atoms with Crippen LogP contribution in [0.25, 0.3) is 0 Å². The summed E-state index contributed by atoms with van der Waals surface area (Å²) in [6.07, 6.45) is -0.726. The lowest BCUT2D eigenvalue weighted by Gasteiger charge is -2.33. The minimum atomic E-state index is -3.59. The standard InChI is InChI=1S/C23H25F2NO6S/c1-2-21(27)16-12-19(24)23(20(25)13-16)32-15-17-14-26(9-10-31-17)22(28)8-11-33(29,30)18-6-4-3-5-7-18/h3-7,12-13,17H,2,8-11,14-15H2,1H3. The van der Waals surface area contributed by atoms with Gasteiger partial charge in [0.1, 0.15) is 12.7 Å². The maximum atomic E-state index is 14.2. The van der Waals surface area contributed by atoms with Gasteiger partial charge in [-0.05, 0) is 24.3 Å². The van der Waals surface area contributed by atoms with Crippen molar-refractivity contribution in [3.63, 3.8) is 0 Å². The summed E-state index contributed by atoms with van der Waals surface area (Å²) in [6, 6.07) is 9.74. The van der Waals surface area contributed by atoms with Crippen LogP contribution < -0.4 is 4.74 Å². The van der Waals surface area contributed by atoms with Gasteiger partial charge in [-0.15, -0.1) is 0 Å². The summed E-state index contributed by atoms with van der Waals surface area (Å²) >= 11 is 0. The summed E-state index contributed by atoms with van der Waals surface area (Å²) in [5.74, 6) is -3.69. The fourth-order valence-electron chi connectivity index (χ4n) is 3.41. The molecule has 1 unspecified atom stereocenters. The molecule has 0 bridgehead atoms. The zero-order valence-corrected chi connectivity index (χ0v) is 18.9. The van der Waals surface area contributed by atoms with Gasteiger partial charge in [0, 0.05) is 24.9 Å². The first-order valence-corrected chi connectivity index (χ1v) is 12.2. The van der Waals surface area contributed by atoms with Crippen LogP contribution in [0.3, 0.4) is 0 Å². The molecule has 0 aromatic heterocycles. The number of rotatable bonds is 9. The fourth-order valence-corrected chi connectivity index (χ4v) is 4.66. The van der Waals surface area contributed by atoms with Crippen LogP contribution in [0.4, 0.5) is 8.78 Å². The molecule has 1 amide bonds. The quantitative estimate of drug-likeness (QED) is 0.512. The number of hydrogen-bond donors (Lipinski definition) is 0. The molecule has 2 aromatic carbocycles. The van der Waals surface area contributed by atoms with Gasteiger partial charge in [-0.2, -0.15) is 0 Å². The van der Waals surface area contributed by atoms with Gasteiger partial charge < -0.3 is 14.4 Å². The Bertz CT molecular complexity index is 1080. The number of carbonyl (C=O) groups excluding carboxylic acids is 2. The van der Waals surface area contributed by atoms with Crippen molar-refractivity contribution in [3.05, 3.63) is 59.7 Å². The van der Waals surface area contributed by atoms with Gasteiger partial charge in [-0.3, -0.25) is 9.59 Å². The third-order valence-electron chi connectivity index (χ3n) is 5.23. The van der Waals surface area contributed by atoms with Gasteiger partial charge in [0.05, 0.1) is 23.8 Å². The van der Waals surface area contributed by atoms with E-state index in [4.69, 9.17) is 9.47 Å². The Labute approximate surface area is 191 Å². The molecule has 3 rings (SSSR count). The molecule has 1 fully saturated rings. The first-order valence-electron chi connectivity index (χ1n) is 10.5. The predicted molar refractivity (Wildman–Crippen MR) is 116 cm³/mol. The molecule has 10 heteroatoms. The van der Waals surface area contributed by atoms with E-state index in [1.54, 1.807) is 25.1 Å². The Morgan fingerprint density at radius 1 is 1.15 bits per heavy atom. The van der Waals surface area contributed by atoms with Crippen LogP contribution in [0.5, 0.6) is 5.75 Å². The largest absolute Gasteiger partial charge is 0.485 e. The topological polar surface area (TPSA) is 90.0 Å². The molecule has 1 aliphatic heterocycles. The van der Waals surface area contributed by atoms with Gasteiger partial charge >= 0.3 is 0 Å². The van der Waals surface area contributed by atoms with E-state index in [1.165, 1.54) is 17.0 Å². The molecule has 178 valence electrons. The number of halogens is 2. The van der Waals surface area contributed by atoms with Crippen molar-refractivity contribution in [2.75, 3.05) is 32.1 Å². The van der Waals surface area contributed by atoms with E-state index in [0.717, 1.165) is 12.1 Å². The Kier molecular flexibility index (Phi) is 8.15. The number of ether oxygens (including phenoxy) is 2.